The number of hydrogen-bond donors (Lipinski definition) is 1. The Morgan fingerprint density at radius 1 is 1.21 bits per heavy atom. The second-order valence-corrected chi connectivity index (χ2v) is 2.86. The molecular weight excluding hydrogens is 178 g/mol. The molecule has 0 saturated carbocycles. The van der Waals surface area contributed by atoms with E-state index < -0.39 is 0 Å². The minimum absolute atomic E-state index is 0.505. The van der Waals surface area contributed by atoms with Gasteiger partial charge in [-0.25, -0.2) is 0 Å². The number of benzene rings is 1. The van der Waals surface area contributed by atoms with Gasteiger partial charge in [-0.15, -0.1) is 0 Å². The molecule has 1 aromatic carbocycles. The van der Waals surface area contributed by atoms with Crippen LogP contribution in [0.4, 0.5) is 0 Å². The van der Waals surface area contributed by atoms with Gasteiger partial charge in [0.15, 0.2) is 0 Å². The molecule has 0 saturated heterocycles. The Morgan fingerprint density at radius 3 is 2.71 bits per heavy atom. The quantitative estimate of drug-likeness (QED) is 0.701. The lowest BCUT2D eigenvalue weighted by Crippen LogP contribution is -2.08. The van der Waals surface area contributed by atoms with E-state index in [4.69, 9.17) is 15.2 Å². The molecule has 0 atom stereocenters. The molecule has 14 heavy (non-hydrogen) atoms. The van der Waals surface area contributed by atoms with Crippen molar-refractivity contribution in [3.05, 3.63) is 29.8 Å². The molecule has 0 spiro atoms. The van der Waals surface area contributed by atoms with Gasteiger partial charge in [0, 0.05) is 18.7 Å². The van der Waals surface area contributed by atoms with E-state index in [1.807, 2.05) is 31.2 Å². The van der Waals surface area contributed by atoms with Crippen molar-refractivity contribution in [1.82, 2.24) is 0 Å². The van der Waals surface area contributed by atoms with E-state index in [0.29, 0.717) is 19.8 Å². The zero-order chi connectivity index (χ0) is 10.2. The normalized spacial score (nSPS) is 10.1. The maximum Gasteiger partial charge on any atom is 0.123 e. The summed E-state index contributed by atoms with van der Waals surface area (Å²) in [6.45, 7) is 4.39. The zero-order valence-electron chi connectivity index (χ0n) is 8.53. The van der Waals surface area contributed by atoms with Crippen molar-refractivity contribution in [3.63, 3.8) is 0 Å². The molecule has 1 aromatic rings. The molecule has 0 aliphatic carbocycles. The van der Waals surface area contributed by atoms with Crippen molar-refractivity contribution in [1.29, 1.82) is 0 Å². The molecule has 0 aliphatic rings. The molecule has 78 valence electrons. The highest BCUT2D eigenvalue weighted by Gasteiger charge is 1.99. The van der Waals surface area contributed by atoms with Gasteiger partial charge < -0.3 is 15.2 Å². The van der Waals surface area contributed by atoms with Crippen molar-refractivity contribution < 1.29 is 9.47 Å². The van der Waals surface area contributed by atoms with Gasteiger partial charge in [0.05, 0.1) is 6.61 Å². The van der Waals surface area contributed by atoms with E-state index in [-0.39, 0.29) is 0 Å². The van der Waals surface area contributed by atoms with E-state index in [2.05, 4.69) is 0 Å². The summed E-state index contributed by atoms with van der Waals surface area (Å²) in [7, 11) is 0. The van der Waals surface area contributed by atoms with Crippen LogP contribution in [0.1, 0.15) is 12.5 Å². The van der Waals surface area contributed by atoms with Crippen LogP contribution in [0.5, 0.6) is 5.75 Å². The van der Waals surface area contributed by atoms with Crippen LogP contribution in [0.3, 0.4) is 0 Å². The summed E-state index contributed by atoms with van der Waals surface area (Å²) in [5.74, 6) is 0.856. The van der Waals surface area contributed by atoms with Crippen molar-refractivity contribution in [2.45, 2.75) is 13.5 Å². The summed E-state index contributed by atoms with van der Waals surface area (Å²) in [5, 5.41) is 0. The topological polar surface area (TPSA) is 44.5 Å². The molecule has 0 bridgehead atoms. The standard InChI is InChI=1S/C11H17NO2/c1-2-13-7-8-14-11-6-4-3-5-10(11)9-12/h3-6H,2,7-9,12H2,1H3. The van der Waals surface area contributed by atoms with Crippen LogP contribution in [-0.4, -0.2) is 19.8 Å². The first-order valence-corrected chi connectivity index (χ1v) is 4.87. The molecular formula is C11H17NO2. The smallest absolute Gasteiger partial charge is 0.123 e. The van der Waals surface area contributed by atoms with Crippen LogP contribution in [0, 0.1) is 0 Å². The Morgan fingerprint density at radius 2 is 2.00 bits per heavy atom. The van der Waals surface area contributed by atoms with Gasteiger partial charge in [-0.3, -0.25) is 0 Å². The zero-order valence-corrected chi connectivity index (χ0v) is 8.53. The molecule has 0 aliphatic heterocycles. The number of ether oxygens (including phenoxy) is 2. The first-order valence-electron chi connectivity index (χ1n) is 4.87. The van der Waals surface area contributed by atoms with E-state index in [9.17, 15) is 0 Å². The molecule has 0 radical (unpaired) electrons. The van der Waals surface area contributed by atoms with Crippen LogP contribution in [0.15, 0.2) is 24.3 Å². The van der Waals surface area contributed by atoms with E-state index in [1.165, 1.54) is 0 Å². The van der Waals surface area contributed by atoms with Crippen molar-refractivity contribution >= 4 is 0 Å². The second-order valence-electron chi connectivity index (χ2n) is 2.86. The molecule has 2 N–H and O–H groups in total. The number of rotatable bonds is 6. The molecule has 3 nitrogen and oxygen atoms in total. The Kier molecular flexibility index (Phi) is 5.04. The molecule has 0 fully saturated rings. The van der Waals surface area contributed by atoms with Crippen LogP contribution in [0.25, 0.3) is 0 Å². The molecule has 0 amide bonds. The second kappa shape index (κ2) is 6.40. The first kappa shape index (κ1) is 11.0. The van der Waals surface area contributed by atoms with Gasteiger partial charge in [0.25, 0.3) is 0 Å². The highest BCUT2D eigenvalue weighted by molar-refractivity contribution is 5.32. The Balaban J connectivity index is 2.41. The lowest BCUT2D eigenvalue weighted by Gasteiger charge is -2.09. The summed E-state index contributed by atoms with van der Waals surface area (Å²) in [6, 6.07) is 7.79. The van der Waals surface area contributed by atoms with Gasteiger partial charge in [-0.2, -0.15) is 0 Å². The summed E-state index contributed by atoms with van der Waals surface area (Å²) in [4.78, 5) is 0. The van der Waals surface area contributed by atoms with Gasteiger partial charge in [-0.1, -0.05) is 18.2 Å². The van der Waals surface area contributed by atoms with Crippen molar-refractivity contribution in [2.75, 3.05) is 19.8 Å². The maximum absolute atomic E-state index is 5.57. The van der Waals surface area contributed by atoms with Crippen LogP contribution in [-0.2, 0) is 11.3 Å². The minimum Gasteiger partial charge on any atom is -0.491 e. The molecule has 3 heteroatoms. The largest absolute Gasteiger partial charge is 0.491 e. The SMILES string of the molecule is CCOCCOc1ccccc1CN. The minimum atomic E-state index is 0.505. The molecule has 1 rings (SSSR count). The summed E-state index contributed by atoms with van der Waals surface area (Å²) < 4.78 is 10.7. The lowest BCUT2D eigenvalue weighted by atomic mass is 10.2. The van der Waals surface area contributed by atoms with Crippen LogP contribution >= 0.6 is 0 Å². The third-order valence-corrected chi connectivity index (χ3v) is 1.88. The maximum atomic E-state index is 5.57. The fraction of sp³-hybridized carbons (Fsp3) is 0.455. The summed E-state index contributed by atoms with van der Waals surface area (Å²) >= 11 is 0. The van der Waals surface area contributed by atoms with E-state index in [1.54, 1.807) is 0 Å². The summed E-state index contributed by atoms with van der Waals surface area (Å²) in [5.41, 5.74) is 6.60. The van der Waals surface area contributed by atoms with E-state index >= 15 is 0 Å². The molecule has 0 heterocycles. The van der Waals surface area contributed by atoms with Gasteiger partial charge >= 0.3 is 0 Å². The predicted octanol–water partition coefficient (Wildman–Crippen LogP) is 1.56. The predicted molar refractivity (Wildman–Crippen MR) is 56.3 cm³/mol. The van der Waals surface area contributed by atoms with E-state index in [0.717, 1.165) is 17.9 Å². The van der Waals surface area contributed by atoms with Crippen LogP contribution in [0.2, 0.25) is 0 Å². The Labute approximate surface area is 84.8 Å². The number of hydrogen-bond acceptors (Lipinski definition) is 3. The Bertz CT molecular complexity index is 263. The third-order valence-electron chi connectivity index (χ3n) is 1.88. The average Bonchev–Trinajstić information content (AvgIpc) is 2.25. The van der Waals surface area contributed by atoms with Gasteiger partial charge in [0.2, 0.25) is 0 Å². The van der Waals surface area contributed by atoms with Gasteiger partial charge in [-0.05, 0) is 13.0 Å². The highest BCUT2D eigenvalue weighted by Crippen LogP contribution is 2.16. The molecule has 0 unspecified atom stereocenters. The molecule has 0 aromatic heterocycles. The first-order chi connectivity index (χ1) is 6.88. The highest BCUT2D eigenvalue weighted by atomic mass is 16.5. The van der Waals surface area contributed by atoms with Crippen molar-refractivity contribution in [2.24, 2.45) is 5.73 Å². The fourth-order valence-electron chi connectivity index (χ4n) is 1.17. The lowest BCUT2D eigenvalue weighted by molar-refractivity contribution is 0.110. The van der Waals surface area contributed by atoms with Gasteiger partial charge in [0.1, 0.15) is 12.4 Å². The van der Waals surface area contributed by atoms with Crippen LogP contribution < -0.4 is 10.5 Å². The Hall–Kier alpha value is -1.06. The summed E-state index contributed by atoms with van der Waals surface area (Å²) in [6.07, 6.45) is 0. The van der Waals surface area contributed by atoms with Crippen molar-refractivity contribution in [3.8, 4) is 5.75 Å². The number of nitrogens with two attached hydrogens (primary N) is 1. The average molecular weight is 195 g/mol. The monoisotopic (exact) mass is 195 g/mol. The third kappa shape index (κ3) is 3.36. The number of para-hydroxylation sites is 1. The fourth-order valence-corrected chi connectivity index (χ4v) is 1.17.